The van der Waals surface area contributed by atoms with Gasteiger partial charge in [-0.05, 0) is 90.0 Å². The van der Waals surface area contributed by atoms with Crippen molar-refractivity contribution in [2.75, 3.05) is 43.6 Å². The van der Waals surface area contributed by atoms with Crippen molar-refractivity contribution < 1.29 is 19.0 Å². The maximum atomic E-state index is 11.6. The van der Waals surface area contributed by atoms with E-state index < -0.39 is 5.41 Å². The van der Waals surface area contributed by atoms with Crippen LogP contribution in [0.3, 0.4) is 0 Å². The van der Waals surface area contributed by atoms with Crippen molar-refractivity contribution in [2.45, 2.75) is 90.4 Å². The summed E-state index contributed by atoms with van der Waals surface area (Å²) in [6.45, 7) is 10.1. The van der Waals surface area contributed by atoms with Crippen LogP contribution < -0.4 is 16.0 Å². The number of anilines is 2. The van der Waals surface area contributed by atoms with Crippen LogP contribution in [0.2, 0.25) is 0 Å². The van der Waals surface area contributed by atoms with E-state index in [1.807, 2.05) is 38.2 Å². The Morgan fingerprint density at radius 3 is 2.60 bits per heavy atom. The standard InChI is InChI=1S/C32H46N6O4/c1-22(2)42-31(39)19-41-18-24(4)36-25-8-10-26(11-9-25)37-30-16-27(23(3)17-34-30)28-6-5-7-29(38-28)35-21-32(20-33)12-14-40-15-13-32/h5-7,16-17,22,24-26,36H,8-15,18-19,21H2,1-4H3,(H,34,37)(H,35,38)/t24-,25-,26-/m0/s1. The van der Waals surface area contributed by atoms with Crippen molar-refractivity contribution in [1.82, 2.24) is 15.3 Å². The van der Waals surface area contributed by atoms with Gasteiger partial charge in [-0.1, -0.05) is 6.07 Å². The first-order valence-corrected chi connectivity index (χ1v) is 15.2. The first-order chi connectivity index (χ1) is 20.2. The highest BCUT2D eigenvalue weighted by molar-refractivity contribution is 5.70. The number of aryl methyl sites for hydroxylation is 1. The van der Waals surface area contributed by atoms with E-state index >= 15 is 0 Å². The highest BCUT2D eigenvalue weighted by Gasteiger charge is 2.32. The van der Waals surface area contributed by atoms with Crippen LogP contribution in [0.4, 0.5) is 11.6 Å². The van der Waals surface area contributed by atoms with Crippen molar-refractivity contribution in [3.63, 3.8) is 0 Å². The number of pyridine rings is 2. The molecule has 2 aromatic rings. The van der Waals surface area contributed by atoms with Gasteiger partial charge in [0.15, 0.2) is 0 Å². The lowest BCUT2D eigenvalue weighted by Crippen LogP contribution is -2.43. The van der Waals surface area contributed by atoms with Gasteiger partial charge in [-0.25, -0.2) is 14.8 Å². The Labute approximate surface area is 249 Å². The minimum Gasteiger partial charge on any atom is -0.461 e. The van der Waals surface area contributed by atoms with E-state index in [1.54, 1.807) is 0 Å². The van der Waals surface area contributed by atoms with Crippen molar-refractivity contribution >= 4 is 17.6 Å². The molecule has 0 amide bonds. The summed E-state index contributed by atoms with van der Waals surface area (Å²) in [5.41, 5.74) is 2.56. The molecule has 10 nitrogen and oxygen atoms in total. The van der Waals surface area contributed by atoms with E-state index in [4.69, 9.17) is 19.2 Å². The number of esters is 1. The zero-order valence-electron chi connectivity index (χ0n) is 25.4. The maximum absolute atomic E-state index is 11.6. The number of aromatic nitrogens is 2. The van der Waals surface area contributed by atoms with Crippen molar-refractivity contribution in [1.29, 1.82) is 5.26 Å². The number of hydrogen-bond acceptors (Lipinski definition) is 10. The van der Waals surface area contributed by atoms with Gasteiger partial charge in [0.25, 0.3) is 0 Å². The third-order valence-corrected chi connectivity index (χ3v) is 7.98. The number of carbonyl (C=O) groups excluding carboxylic acids is 1. The van der Waals surface area contributed by atoms with E-state index in [0.717, 1.165) is 67.0 Å². The van der Waals surface area contributed by atoms with Crippen molar-refractivity contribution in [3.05, 3.63) is 36.0 Å². The van der Waals surface area contributed by atoms with Gasteiger partial charge in [-0.15, -0.1) is 0 Å². The second-order valence-electron chi connectivity index (χ2n) is 12.0. The molecule has 4 rings (SSSR count). The van der Waals surface area contributed by atoms with Crippen molar-refractivity contribution in [3.8, 4) is 17.3 Å². The normalized spacial score (nSPS) is 20.9. The van der Waals surface area contributed by atoms with Gasteiger partial charge < -0.3 is 30.2 Å². The van der Waals surface area contributed by atoms with Crippen LogP contribution in [0.5, 0.6) is 0 Å². The van der Waals surface area contributed by atoms with E-state index in [2.05, 4.69) is 46.9 Å². The summed E-state index contributed by atoms with van der Waals surface area (Å²) < 4.78 is 16.1. The molecule has 0 bridgehead atoms. The summed E-state index contributed by atoms with van der Waals surface area (Å²) in [6.07, 6.45) is 7.44. The smallest absolute Gasteiger partial charge is 0.332 e. The molecule has 1 saturated heterocycles. The van der Waals surface area contributed by atoms with E-state index in [9.17, 15) is 10.1 Å². The summed E-state index contributed by atoms with van der Waals surface area (Å²) in [5.74, 6) is 1.30. The summed E-state index contributed by atoms with van der Waals surface area (Å²) in [5, 5.41) is 20.5. The molecule has 3 heterocycles. The molecule has 1 aliphatic heterocycles. The Balaban J connectivity index is 1.26. The van der Waals surface area contributed by atoms with E-state index in [0.29, 0.717) is 38.4 Å². The quantitative estimate of drug-likeness (QED) is 0.284. The summed E-state index contributed by atoms with van der Waals surface area (Å²) in [6, 6.07) is 11.5. The molecule has 0 spiro atoms. The van der Waals surface area contributed by atoms with Crippen LogP contribution in [0.1, 0.15) is 64.9 Å². The van der Waals surface area contributed by atoms with Gasteiger partial charge >= 0.3 is 5.97 Å². The van der Waals surface area contributed by atoms with Crippen LogP contribution in [-0.4, -0.2) is 73.1 Å². The molecule has 1 aliphatic carbocycles. The fraction of sp³-hybridized carbons (Fsp3) is 0.625. The third kappa shape index (κ3) is 9.38. The Morgan fingerprint density at radius 1 is 1.14 bits per heavy atom. The first-order valence-electron chi connectivity index (χ1n) is 15.2. The lowest BCUT2D eigenvalue weighted by molar-refractivity contribution is -0.152. The van der Waals surface area contributed by atoms with Gasteiger partial charge in [0, 0.05) is 49.6 Å². The number of nitrogens with one attached hydrogen (secondary N) is 3. The van der Waals surface area contributed by atoms with Crippen LogP contribution in [0.15, 0.2) is 30.5 Å². The molecule has 3 N–H and O–H groups in total. The van der Waals surface area contributed by atoms with Crippen LogP contribution in [0.25, 0.3) is 11.3 Å². The molecule has 2 fully saturated rings. The van der Waals surface area contributed by atoms with Gasteiger partial charge in [0.05, 0.1) is 29.9 Å². The van der Waals surface area contributed by atoms with Crippen LogP contribution >= 0.6 is 0 Å². The molecule has 0 unspecified atom stereocenters. The van der Waals surface area contributed by atoms with E-state index in [-0.39, 0.29) is 24.7 Å². The molecule has 0 radical (unpaired) electrons. The predicted octanol–water partition coefficient (Wildman–Crippen LogP) is 4.85. The molecule has 1 atom stereocenters. The Kier molecular flexibility index (Phi) is 11.5. The molecule has 1 saturated carbocycles. The lowest BCUT2D eigenvalue weighted by atomic mass is 9.82. The second kappa shape index (κ2) is 15.3. The zero-order valence-corrected chi connectivity index (χ0v) is 25.4. The van der Waals surface area contributed by atoms with Gasteiger partial charge in [-0.3, -0.25) is 0 Å². The average molecular weight is 579 g/mol. The number of carbonyl (C=O) groups is 1. The molecule has 228 valence electrons. The monoisotopic (exact) mass is 578 g/mol. The number of rotatable bonds is 13. The zero-order chi connectivity index (χ0) is 30.0. The average Bonchev–Trinajstić information content (AvgIpc) is 2.98. The van der Waals surface area contributed by atoms with Crippen LogP contribution in [0, 0.1) is 23.7 Å². The fourth-order valence-electron chi connectivity index (χ4n) is 5.59. The van der Waals surface area contributed by atoms with Crippen LogP contribution in [-0.2, 0) is 19.0 Å². The molecular weight excluding hydrogens is 532 g/mol. The lowest BCUT2D eigenvalue weighted by Gasteiger charge is -2.32. The van der Waals surface area contributed by atoms with E-state index in [1.165, 1.54) is 0 Å². The molecule has 42 heavy (non-hydrogen) atoms. The number of ether oxygens (including phenoxy) is 3. The predicted molar refractivity (Wildman–Crippen MR) is 163 cm³/mol. The minimum atomic E-state index is -0.414. The maximum Gasteiger partial charge on any atom is 0.332 e. The largest absolute Gasteiger partial charge is 0.461 e. The Hall–Kier alpha value is -3.26. The Bertz CT molecular complexity index is 1200. The second-order valence-corrected chi connectivity index (χ2v) is 12.0. The molecule has 2 aliphatic rings. The van der Waals surface area contributed by atoms with Gasteiger partial charge in [0.2, 0.25) is 0 Å². The number of nitriles is 1. The topological polar surface area (TPSA) is 130 Å². The molecule has 10 heteroatoms. The minimum absolute atomic E-state index is 0.0134. The summed E-state index contributed by atoms with van der Waals surface area (Å²) in [4.78, 5) is 21.2. The third-order valence-electron chi connectivity index (χ3n) is 7.98. The van der Waals surface area contributed by atoms with Gasteiger partial charge in [0.1, 0.15) is 18.2 Å². The molecule has 2 aromatic heterocycles. The van der Waals surface area contributed by atoms with Gasteiger partial charge in [-0.2, -0.15) is 5.26 Å². The number of hydrogen-bond donors (Lipinski definition) is 3. The SMILES string of the molecule is Cc1cnc(N[C@H]2CC[C@H](N[C@@H](C)COCC(=O)OC(C)C)CC2)cc1-c1cccc(NCC2(C#N)CCOCC2)n1. The first kappa shape index (κ1) is 31.7. The number of nitrogens with zero attached hydrogens (tertiary/aromatic N) is 3. The highest BCUT2D eigenvalue weighted by Crippen LogP contribution is 2.31. The molecular formula is C32H46N6O4. The molecule has 0 aromatic carbocycles. The summed E-state index contributed by atoms with van der Waals surface area (Å²) >= 11 is 0. The van der Waals surface area contributed by atoms with Crippen molar-refractivity contribution in [2.24, 2.45) is 5.41 Å². The summed E-state index contributed by atoms with van der Waals surface area (Å²) in [7, 11) is 0. The Morgan fingerprint density at radius 2 is 1.88 bits per heavy atom. The highest BCUT2D eigenvalue weighted by atomic mass is 16.6. The fourth-order valence-corrected chi connectivity index (χ4v) is 5.59.